The fourth-order valence-corrected chi connectivity index (χ4v) is 4.07. The van der Waals surface area contributed by atoms with Gasteiger partial charge in [0.05, 0.1) is 12.1 Å². The lowest BCUT2D eigenvalue weighted by Gasteiger charge is -2.25. The van der Waals surface area contributed by atoms with Gasteiger partial charge < -0.3 is 9.40 Å². The average molecular weight is 422 g/mol. The van der Waals surface area contributed by atoms with Gasteiger partial charge in [-0.3, -0.25) is 4.79 Å². The number of ketones is 1. The molecule has 4 aromatic rings. The van der Waals surface area contributed by atoms with Crippen molar-refractivity contribution in [2.45, 2.75) is 12.6 Å². The second-order valence-electron chi connectivity index (χ2n) is 7.77. The molecule has 0 aliphatic carbocycles. The highest BCUT2D eigenvalue weighted by molar-refractivity contribution is 6.12. The monoisotopic (exact) mass is 421 g/mol. The summed E-state index contributed by atoms with van der Waals surface area (Å²) in [4.78, 5) is 24.6. The maximum absolute atomic E-state index is 13.8. The van der Waals surface area contributed by atoms with Gasteiger partial charge in [-0.25, -0.2) is 4.98 Å². The van der Waals surface area contributed by atoms with E-state index in [0.717, 1.165) is 16.7 Å². The predicted molar refractivity (Wildman–Crippen MR) is 123 cm³/mol. The van der Waals surface area contributed by atoms with E-state index in [0.29, 0.717) is 23.7 Å². The van der Waals surface area contributed by atoms with Crippen molar-refractivity contribution in [3.8, 4) is 0 Å². The minimum Gasteiger partial charge on any atom is -0.404 e. The minimum absolute atomic E-state index is 0.138. The highest BCUT2D eigenvalue weighted by atomic mass is 16.7. The molecule has 5 nitrogen and oxygen atoms in total. The van der Waals surface area contributed by atoms with Crippen LogP contribution in [0, 0.1) is 0 Å². The minimum atomic E-state index is -0.365. The van der Waals surface area contributed by atoms with Crippen LogP contribution in [-0.4, -0.2) is 20.4 Å². The van der Waals surface area contributed by atoms with Gasteiger partial charge in [-0.15, -0.1) is 5.06 Å². The molecule has 1 atom stereocenters. The van der Waals surface area contributed by atoms with Gasteiger partial charge >= 0.3 is 0 Å². The molecule has 2 heterocycles. The van der Waals surface area contributed by atoms with Crippen molar-refractivity contribution < 1.29 is 9.63 Å². The fraction of sp³-hybridized carbons (Fsp3) is 0.111. The zero-order chi connectivity index (χ0) is 21.9. The third-order valence-corrected chi connectivity index (χ3v) is 5.62. The third-order valence-electron chi connectivity index (χ3n) is 5.62. The predicted octanol–water partition coefficient (Wildman–Crippen LogP) is 5.20. The first-order valence-corrected chi connectivity index (χ1v) is 10.6. The number of rotatable bonds is 6. The Morgan fingerprint density at radius 3 is 2.16 bits per heavy atom. The number of carbonyl (C=O) groups is 1. The number of carbonyl (C=O) groups excluding carboxylic acids is 1. The van der Waals surface area contributed by atoms with Crippen molar-refractivity contribution in [1.29, 1.82) is 0 Å². The average Bonchev–Trinajstić information content (AvgIpc) is 3.44. The van der Waals surface area contributed by atoms with Gasteiger partial charge in [0.1, 0.15) is 6.04 Å². The summed E-state index contributed by atoms with van der Waals surface area (Å²) in [6.45, 7) is 0.536. The molecule has 0 amide bonds. The normalized spacial score (nSPS) is 16.2. The zero-order valence-electron chi connectivity index (χ0n) is 17.8. The Kier molecular flexibility index (Phi) is 5.40. The van der Waals surface area contributed by atoms with Crippen LogP contribution in [0.25, 0.3) is 5.76 Å². The van der Waals surface area contributed by atoms with E-state index < -0.39 is 0 Å². The van der Waals surface area contributed by atoms with Gasteiger partial charge in [-0.05, 0) is 11.1 Å². The molecule has 0 saturated carbocycles. The zero-order valence-corrected chi connectivity index (χ0v) is 17.8. The van der Waals surface area contributed by atoms with Crippen LogP contribution in [0.3, 0.4) is 0 Å². The van der Waals surface area contributed by atoms with E-state index in [9.17, 15) is 4.79 Å². The van der Waals surface area contributed by atoms with Crippen LogP contribution < -0.4 is 0 Å². The second-order valence-corrected chi connectivity index (χ2v) is 7.77. The molecule has 0 spiro atoms. The quantitative estimate of drug-likeness (QED) is 0.401. The molecule has 0 saturated heterocycles. The van der Waals surface area contributed by atoms with Crippen molar-refractivity contribution in [3.05, 3.63) is 131 Å². The lowest BCUT2D eigenvalue weighted by atomic mass is 9.92. The van der Waals surface area contributed by atoms with Crippen molar-refractivity contribution in [2.24, 2.45) is 7.05 Å². The summed E-state index contributed by atoms with van der Waals surface area (Å²) in [5, 5.41) is 1.89. The van der Waals surface area contributed by atoms with Crippen LogP contribution in [0.1, 0.15) is 33.4 Å². The van der Waals surface area contributed by atoms with E-state index in [1.54, 1.807) is 17.0 Å². The van der Waals surface area contributed by atoms with Crippen molar-refractivity contribution in [1.82, 2.24) is 14.6 Å². The third kappa shape index (κ3) is 3.74. The molecule has 1 aromatic heterocycles. The lowest BCUT2D eigenvalue weighted by molar-refractivity contribution is -0.102. The molecule has 5 heteroatoms. The summed E-state index contributed by atoms with van der Waals surface area (Å²) in [5.74, 6) is 0.823. The Hall–Kier alpha value is -3.96. The highest BCUT2D eigenvalue weighted by Gasteiger charge is 2.41. The summed E-state index contributed by atoms with van der Waals surface area (Å²) in [6, 6.07) is 29.6. The molecule has 0 radical (unpaired) electrons. The summed E-state index contributed by atoms with van der Waals surface area (Å²) < 4.78 is 1.75. The van der Waals surface area contributed by atoms with Crippen molar-refractivity contribution in [2.75, 3.05) is 0 Å². The first-order chi connectivity index (χ1) is 15.7. The molecular weight excluding hydrogens is 398 g/mol. The van der Waals surface area contributed by atoms with Gasteiger partial charge in [-0.1, -0.05) is 91.0 Å². The van der Waals surface area contributed by atoms with Gasteiger partial charge in [0.15, 0.2) is 11.6 Å². The maximum Gasteiger partial charge on any atom is 0.230 e. The highest BCUT2D eigenvalue weighted by Crippen LogP contribution is 2.44. The topological polar surface area (TPSA) is 47.4 Å². The summed E-state index contributed by atoms with van der Waals surface area (Å²) in [6.07, 6.45) is 3.43. The number of nitrogens with zero attached hydrogens (tertiary/aromatic N) is 3. The number of hydrogen-bond acceptors (Lipinski definition) is 4. The Labute approximate surface area is 187 Å². The summed E-state index contributed by atoms with van der Waals surface area (Å²) in [5.41, 5.74) is 3.55. The van der Waals surface area contributed by atoms with E-state index in [-0.39, 0.29) is 11.8 Å². The fourth-order valence-electron chi connectivity index (χ4n) is 4.07. The van der Waals surface area contributed by atoms with E-state index in [4.69, 9.17) is 4.84 Å². The molecule has 32 heavy (non-hydrogen) atoms. The molecule has 0 N–H and O–H groups in total. The molecule has 3 aromatic carbocycles. The number of aromatic nitrogens is 2. The Morgan fingerprint density at radius 2 is 1.53 bits per heavy atom. The smallest absolute Gasteiger partial charge is 0.230 e. The number of benzene rings is 3. The van der Waals surface area contributed by atoms with Gasteiger partial charge in [0.25, 0.3) is 0 Å². The Balaban J connectivity index is 1.67. The first kappa shape index (κ1) is 20.0. The van der Waals surface area contributed by atoms with Crippen LogP contribution in [-0.2, 0) is 18.4 Å². The molecular formula is C27H23N3O2. The SMILES string of the molecule is Cn1ccnc1C(=O)C1=C(c2ccccc2)ON(Cc2ccccc2)[C@@H]1c1ccccc1. The molecule has 158 valence electrons. The van der Waals surface area contributed by atoms with E-state index in [2.05, 4.69) is 17.1 Å². The van der Waals surface area contributed by atoms with Crippen LogP contribution in [0.4, 0.5) is 0 Å². The molecule has 0 unspecified atom stereocenters. The van der Waals surface area contributed by atoms with Gasteiger partial charge in [0, 0.05) is 25.0 Å². The lowest BCUT2D eigenvalue weighted by Crippen LogP contribution is -2.26. The number of aryl methyl sites for hydroxylation is 1. The summed E-state index contributed by atoms with van der Waals surface area (Å²) in [7, 11) is 1.83. The summed E-state index contributed by atoms with van der Waals surface area (Å²) >= 11 is 0. The van der Waals surface area contributed by atoms with Crippen LogP contribution in [0.15, 0.2) is 109 Å². The van der Waals surface area contributed by atoms with Crippen molar-refractivity contribution in [3.63, 3.8) is 0 Å². The first-order valence-electron chi connectivity index (χ1n) is 10.6. The van der Waals surface area contributed by atoms with Crippen LogP contribution in [0.5, 0.6) is 0 Å². The largest absolute Gasteiger partial charge is 0.404 e. The molecule has 5 rings (SSSR count). The molecule has 0 fully saturated rings. The Bertz CT molecular complexity index is 1250. The van der Waals surface area contributed by atoms with E-state index in [1.807, 2.05) is 91.0 Å². The van der Waals surface area contributed by atoms with Crippen molar-refractivity contribution >= 4 is 11.5 Å². The van der Waals surface area contributed by atoms with Crippen LogP contribution >= 0.6 is 0 Å². The molecule has 1 aliphatic rings. The number of hydrogen-bond donors (Lipinski definition) is 0. The number of imidazole rings is 1. The van der Waals surface area contributed by atoms with Gasteiger partial charge in [-0.2, -0.15) is 0 Å². The standard InChI is InChI=1S/C27H23N3O2/c1-29-18-17-28-27(29)25(31)23-24(21-13-7-3-8-14-21)30(19-20-11-5-2-6-12-20)32-26(23)22-15-9-4-10-16-22/h2-18,24H,19H2,1H3/t24-/m1/s1. The van der Waals surface area contributed by atoms with E-state index in [1.165, 1.54) is 0 Å². The second kappa shape index (κ2) is 8.65. The van der Waals surface area contributed by atoms with Crippen LogP contribution in [0.2, 0.25) is 0 Å². The Morgan fingerprint density at radius 1 is 0.906 bits per heavy atom. The van der Waals surface area contributed by atoms with Gasteiger partial charge in [0.2, 0.25) is 5.78 Å². The van der Waals surface area contributed by atoms with E-state index >= 15 is 0 Å². The number of Topliss-reactive ketones (excluding diaryl/α,β-unsaturated/α-hetero) is 1. The number of hydroxylamine groups is 2. The molecule has 0 bridgehead atoms. The maximum atomic E-state index is 13.8. The molecule has 1 aliphatic heterocycles.